The molecule has 0 heterocycles. The van der Waals surface area contributed by atoms with Crippen LogP contribution in [0.4, 0.5) is 0 Å². The van der Waals surface area contributed by atoms with Crippen LogP contribution in [0.3, 0.4) is 0 Å². The molecule has 3 rings (SSSR count). The number of nitrogens with one attached hydrogen (secondary N) is 1. The fraction of sp³-hybridized carbons (Fsp3) is 0.318. The number of aliphatic hydroxyl groups excluding tert-OH is 1. The van der Waals surface area contributed by atoms with Crippen LogP contribution in [0.2, 0.25) is 5.02 Å². The van der Waals surface area contributed by atoms with Gasteiger partial charge in [0.1, 0.15) is 5.41 Å². The van der Waals surface area contributed by atoms with Crippen LogP contribution in [-0.2, 0) is 11.2 Å². The molecule has 2 N–H and O–H groups in total. The molecule has 1 amide bonds. The molecule has 0 aliphatic heterocycles. The first kappa shape index (κ1) is 18.7. The van der Waals surface area contributed by atoms with Gasteiger partial charge in [-0.2, -0.15) is 0 Å². The van der Waals surface area contributed by atoms with Crippen LogP contribution in [0.1, 0.15) is 43.6 Å². The number of benzene rings is 2. The van der Waals surface area contributed by atoms with E-state index < -0.39 is 11.5 Å². The number of rotatable bonds is 3. The van der Waals surface area contributed by atoms with Gasteiger partial charge in [0.05, 0.1) is 6.10 Å². The van der Waals surface area contributed by atoms with Gasteiger partial charge < -0.3 is 10.4 Å². The van der Waals surface area contributed by atoms with Gasteiger partial charge in [-0.05, 0) is 56.0 Å². The van der Waals surface area contributed by atoms with Gasteiger partial charge in [0, 0.05) is 10.6 Å². The molecule has 2 aromatic rings. The molecule has 4 heteroatoms. The Morgan fingerprint density at radius 3 is 2.46 bits per heavy atom. The molecular formula is C22H24ClNO2. The molecular weight excluding hydrogens is 346 g/mol. The van der Waals surface area contributed by atoms with Crippen molar-refractivity contribution in [2.24, 2.45) is 5.41 Å². The van der Waals surface area contributed by atoms with E-state index in [9.17, 15) is 9.90 Å². The minimum Gasteiger partial charge on any atom is -0.387 e. The van der Waals surface area contributed by atoms with Gasteiger partial charge in [0.2, 0.25) is 5.91 Å². The second-order valence-corrected chi connectivity index (χ2v) is 8.34. The maximum atomic E-state index is 13.2. The van der Waals surface area contributed by atoms with E-state index in [1.807, 2.05) is 81.5 Å². The zero-order chi connectivity index (χ0) is 18.9. The van der Waals surface area contributed by atoms with E-state index in [0.29, 0.717) is 11.4 Å². The molecule has 2 atom stereocenters. The second kappa shape index (κ2) is 6.90. The highest BCUT2D eigenvalue weighted by Gasteiger charge is 2.49. The zero-order valence-electron chi connectivity index (χ0n) is 15.3. The van der Waals surface area contributed by atoms with Crippen LogP contribution < -0.4 is 5.32 Å². The third-order valence-electron chi connectivity index (χ3n) is 4.68. The smallest absolute Gasteiger partial charge is 0.233 e. The Kier molecular flexibility index (Phi) is 4.96. The molecule has 0 bridgehead atoms. The predicted molar refractivity (Wildman–Crippen MR) is 106 cm³/mol. The van der Waals surface area contributed by atoms with E-state index in [0.717, 1.165) is 16.7 Å². The Morgan fingerprint density at radius 1 is 1.19 bits per heavy atom. The number of fused-ring (bicyclic) bond motifs is 1. The van der Waals surface area contributed by atoms with Gasteiger partial charge in [0.25, 0.3) is 0 Å². The van der Waals surface area contributed by atoms with E-state index in [1.54, 1.807) is 0 Å². The number of carbonyl (C=O) groups excluding carboxylic acids is 1. The first-order valence-electron chi connectivity index (χ1n) is 8.75. The lowest BCUT2D eigenvalue weighted by Crippen LogP contribution is -2.50. The SMILES string of the molecule is CC(C)(C)NC(=O)[C@@]1(/C=C/c2ccc(Cl)cc2)Cc2ccccc2C1O. The number of halogens is 1. The van der Waals surface area contributed by atoms with Crippen molar-refractivity contribution in [1.29, 1.82) is 0 Å². The normalized spacial score (nSPS) is 22.4. The monoisotopic (exact) mass is 369 g/mol. The molecule has 1 aliphatic carbocycles. The lowest BCUT2D eigenvalue weighted by molar-refractivity contribution is -0.134. The molecule has 2 aromatic carbocycles. The molecule has 0 aromatic heterocycles. The number of aliphatic hydroxyl groups is 1. The standard InChI is InChI=1S/C22H24ClNO2/c1-21(2,3)24-20(26)22(13-12-15-8-10-17(23)11-9-15)14-16-6-4-5-7-18(16)19(22)25/h4-13,19,25H,14H2,1-3H3,(H,24,26)/b13-12+/t19?,22-/m0/s1. The summed E-state index contributed by atoms with van der Waals surface area (Å²) in [5, 5.41) is 14.8. The van der Waals surface area contributed by atoms with E-state index >= 15 is 0 Å². The van der Waals surface area contributed by atoms with Crippen molar-refractivity contribution in [3.05, 3.63) is 76.3 Å². The van der Waals surface area contributed by atoms with Gasteiger partial charge >= 0.3 is 0 Å². The molecule has 26 heavy (non-hydrogen) atoms. The molecule has 0 spiro atoms. The molecule has 0 radical (unpaired) electrons. The highest BCUT2D eigenvalue weighted by atomic mass is 35.5. The van der Waals surface area contributed by atoms with E-state index in [4.69, 9.17) is 11.6 Å². The topological polar surface area (TPSA) is 49.3 Å². The second-order valence-electron chi connectivity index (χ2n) is 7.91. The van der Waals surface area contributed by atoms with Crippen LogP contribution in [0.15, 0.2) is 54.6 Å². The summed E-state index contributed by atoms with van der Waals surface area (Å²) in [6, 6.07) is 15.1. The van der Waals surface area contributed by atoms with Crippen LogP contribution in [0, 0.1) is 5.41 Å². The molecule has 136 valence electrons. The van der Waals surface area contributed by atoms with Crippen molar-refractivity contribution in [2.45, 2.75) is 38.8 Å². The number of carbonyl (C=O) groups is 1. The van der Waals surface area contributed by atoms with E-state index in [2.05, 4.69) is 5.32 Å². The third-order valence-corrected chi connectivity index (χ3v) is 4.93. The molecule has 0 saturated carbocycles. The fourth-order valence-electron chi connectivity index (χ4n) is 3.36. The number of amides is 1. The molecule has 3 nitrogen and oxygen atoms in total. The highest BCUT2D eigenvalue weighted by Crippen LogP contribution is 2.47. The summed E-state index contributed by atoms with van der Waals surface area (Å²) >= 11 is 5.95. The summed E-state index contributed by atoms with van der Waals surface area (Å²) < 4.78 is 0. The van der Waals surface area contributed by atoms with Crippen LogP contribution >= 0.6 is 11.6 Å². The van der Waals surface area contributed by atoms with Crippen molar-refractivity contribution in [3.63, 3.8) is 0 Å². The average molecular weight is 370 g/mol. The third kappa shape index (κ3) is 3.69. The summed E-state index contributed by atoms with van der Waals surface area (Å²) in [5.74, 6) is -0.168. The first-order chi connectivity index (χ1) is 12.2. The lowest BCUT2D eigenvalue weighted by atomic mass is 9.80. The average Bonchev–Trinajstić information content (AvgIpc) is 2.87. The number of hydrogen-bond acceptors (Lipinski definition) is 2. The summed E-state index contributed by atoms with van der Waals surface area (Å²) in [4.78, 5) is 13.2. The maximum absolute atomic E-state index is 13.2. The van der Waals surface area contributed by atoms with Crippen molar-refractivity contribution in [2.75, 3.05) is 0 Å². The fourth-order valence-corrected chi connectivity index (χ4v) is 3.48. The van der Waals surface area contributed by atoms with Gasteiger partial charge in [-0.1, -0.05) is 60.2 Å². The quantitative estimate of drug-likeness (QED) is 0.834. The minimum absolute atomic E-state index is 0.168. The van der Waals surface area contributed by atoms with E-state index in [-0.39, 0.29) is 11.4 Å². The van der Waals surface area contributed by atoms with Crippen molar-refractivity contribution >= 4 is 23.6 Å². The summed E-state index contributed by atoms with van der Waals surface area (Å²) in [7, 11) is 0. The molecule has 1 aliphatic rings. The van der Waals surface area contributed by atoms with E-state index in [1.165, 1.54) is 0 Å². The van der Waals surface area contributed by atoms with Crippen LogP contribution in [0.25, 0.3) is 6.08 Å². The summed E-state index contributed by atoms with van der Waals surface area (Å²) in [6.07, 6.45) is 3.30. The Balaban J connectivity index is 2.00. The summed E-state index contributed by atoms with van der Waals surface area (Å²) in [5.41, 5.74) is 1.34. The Morgan fingerprint density at radius 2 is 1.85 bits per heavy atom. The van der Waals surface area contributed by atoms with Gasteiger partial charge in [0.15, 0.2) is 0 Å². The Hall–Kier alpha value is -2.10. The first-order valence-corrected chi connectivity index (χ1v) is 9.12. The summed E-state index contributed by atoms with van der Waals surface area (Å²) in [6.45, 7) is 5.82. The minimum atomic E-state index is -1.03. The van der Waals surface area contributed by atoms with Crippen molar-refractivity contribution < 1.29 is 9.90 Å². The van der Waals surface area contributed by atoms with Gasteiger partial charge in [-0.25, -0.2) is 0 Å². The zero-order valence-corrected chi connectivity index (χ0v) is 16.0. The lowest BCUT2D eigenvalue weighted by Gasteiger charge is -2.32. The Bertz CT molecular complexity index is 836. The largest absolute Gasteiger partial charge is 0.387 e. The van der Waals surface area contributed by atoms with Crippen LogP contribution in [0.5, 0.6) is 0 Å². The highest BCUT2D eigenvalue weighted by molar-refractivity contribution is 6.30. The molecule has 0 saturated heterocycles. The van der Waals surface area contributed by atoms with Gasteiger partial charge in [-0.3, -0.25) is 4.79 Å². The van der Waals surface area contributed by atoms with Gasteiger partial charge in [-0.15, -0.1) is 0 Å². The maximum Gasteiger partial charge on any atom is 0.233 e. The Labute approximate surface area is 159 Å². The molecule has 0 fully saturated rings. The number of hydrogen-bond donors (Lipinski definition) is 2. The predicted octanol–water partition coefficient (Wildman–Crippen LogP) is 4.54. The molecule has 1 unspecified atom stereocenters. The van der Waals surface area contributed by atoms with Crippen molar-refractivity contribution in [3.8, 4) is 0 Å². The van der Waals surface area contributed by atoms with Crippen LogP contribution in [-0.4, -0.2) is 16.6 Å². The van der Waals surface area contributed by atoms with Crippen molar-refractivity contribution in [1.82, 2.24) is 5.32 Å².